The lowest BCUT2D eigenvalue weighted by molar-refractivity contribution is 0.650. The van der Waals surface area contributed by atoms with Gasteiger partial charge in [0.05, 0.1) is 5.69 Å². The standard InChI is InChI=1S/C57H45N/c1-56(2)50-27-12-10-24-49(50)55-48(26-16-29-52(55)56)47-23-11-14-30-54(47)58(41-33-31-39(32-34-41)44-25-15-18-38-17-7-8-21-43(38)44)42-35-36-46-45-22-9-13-28-51(45)57(3,53(46)37-42)40-19-5-4-6-20-40/h4-5,7-19,21-37H,6,20H2,1-3H3. The zero-order chi connectivity index (χ0) is 39.0. The second-order valence-corrected chi connectivity index (χ2v) is 16.9. The van der Waals surface area contributed by atoms with E-state index in [4.69, 9.17) is 0 Å². The zero-order valence-electron chi connectivity index (χ0n) is 33.3. The quantitative estimate of drug-likeness (QED) is 0.164. The van der Waals surface area contributed by atoms with Crippen LogP contribution in [0.5, 0.6) is 0 Å². The predicted molar refractivity (Wildman–Crippen MR) is 245 cm³/mol. The average molecular weight is 744 g/mol. The molecular formula is C57H45N. The van der Waals surface area contributed by atoms with Crippen LogP contribution in [0.4, 0.5) is 17.1 Å². The number of hydrogen-bond donors (Lipinski definition) is 0. The largest absolute Gasteiger partial charge is 0.310 e. The number of fused-ring (bicyclic) bond motifs is 7. The maximum atomic E-state index is 2.51. The first-order chi connectivity index (χ1) is 28.4. The summed E-state index contributed by atoms with van der Waals surface area (Å²) >= 11 is 0. The molecule has 58 heavy (non-hydrogen) atoms. The molecule has 0 N–H and O–H groups in total. The van der Waals surface area contributed by atoms with E-state index in [9.17, 15) is 0 Å². The summed E-state index contributed by atoms with van der Waals surface area (Å²) in [5, 5.41) is 2.52. The van der Waals surface area contributed by atoms with Crippen molar-refractivity contribution < 1.29 is 0 Å². The first-order valence-corrected chi connectivity index (χ1v) is 20.7. The molecule has 3 aliphatic rings. The van der Waals surface area contributed by atoms with E-state index in [1.54, 1.807) is 0 Å². The van der Waals surface area contributed by atoms with E-state index in [1.807, 2.05) is 0 Å². The van der Waals surface area contributed by atoms with Gasteiger partial charge in [-0.15, -0.1) is 0 Å². The van der Waals surface area contributed by atoms with Gasteiger partial charge in [0.25, 0.3) is 0 Å². The number of para-hydroxylation sites is 1. The van der Waals surface area contributed by atoms with Crippen molar-refractivity contribution in [3.63, 3.8) is 0 Å². The summed E-state index contributed by atoms with van der Waals surface area (Å²) in [6.45, 7) is 7.19. The van der Waals surface area contributed by atoms with Crippen molar-refractivity contribution in [2.45, 2.75) is 44.4 Å². The van der Waals surface area contributed by atoms with E-state index in [2.05, 4.69) is 220 Å². The van der Waals surface area contributed by atoms with Gasteiger partial charge in [0, 0.05) is 27.8 Å². The van der Waals surface area contributed by atoms with E-state index in [1.165, 1.54) is 83.1 Å². The minimum atomic E-state index is -0.231. The van der Waals surface area contributed by atoms with Crippen LogP contribution in [0.25, 0.3) is 55.3 Å². The molecule has 0 amide bonds. The van der Waals surface area contributed by atoms with Gasteiger partial charge in [-0.3, -0.25) is 0 Å². The van der Waals surface area contributed by atoms with Gasteiger partial charge in [-0.25, -0.2) is 0 Å². The average Bonchev–Trinajstić information content (AvgIpc) is 3.68. The fraction of sp³-hybridized carbons (Fsp3) is 0.123. The molecule has 1 heteroatoms. The van der Waals surface area contributed by atoms with Gasteiger partial charge in [0.1, 0.15) is 0 Å². The van der Waals surface area contributed by atoms with Crippen molar-refractivity contribution in [2.24, 2.45) is 0 Å². The third kappa shape index (κ3) is 5.09. The zero-order valence-corrected chi connectivity index (χ0v) is 33.3. The van der Waals surface area contributed by atoms with Crippen molar-refractivity contribution in [3.8, 4) is 44.5 Å². The highest BCUT2D eigenvalue weighted by atomic mass is 15.1. The summed E-state index contributed by atoms with van der Waals surface area (Å²) in [7, 11) is 0. The van der Waals surface area contributed by atoms with E-state index < -0.39 is 0 Å². The molecule has 278 valence electrons. The van der Waals surface area contributed by atoms with E-state index >= 15 is 0 Å². The molecule has 8 aromatic rings. The molecular weight excluding hydrogens is 699 g/mol. The molecule has 1 atom stereocenters. The van der Waals surface area contributed by atoms with Gasteiger partial charge in [0.2, 0.25) is 0 Å². The van der Waals surface area contributed by atoms with Crippen LogP contribution < -0.4 is 4.90 Å². The van der Waals surface area contributed by atoms with Crippen molar-refractivity contribution in [1.82, 2.24) is 0 Å². The number of rotatable bonds is 6. The monoisotopic (exact) mass is 743 g/mol. The highest BCUT2D eigenvalue weighted by Gasteiger charge is 2.42. The third-order valence-electron chi connectivity index (χ3n) is 13.5. The highest BCUT2D eigenvalue weighted by Crippen LogP contribution is 2.57. The number of nitrogens with zero attached hydrogens (tertiary/aromatic N) is 1. The Bertz CT molecular complexity index is 2990. The molecule has 1 nitrogen and oxygen atoms in total. The Morgan fingerprint density at radius 1 is 0.466 bits per heavy atom. The molecule has 0 saturated carbocycles. The van der Waals surface area contributed by atoms with Crippen LogP contribution in [0, 0.1) is 0 Å². The minimum Gasteiger partial charge on any atom is -0.310 e. The minimum absolute atomic E-state index is 0.0869. The molecule has 0 aromatic heterocycles. The van der Waals surface area contributed by atoms with Gasteiger partial charge in [0.15, 0.2) is 0 Å². The lowest BCUT2D eigenvalue weighted by atomic mass is 9.71. The topological polar surface area (TPSA) is 3.24 Å². The Hall–Kier alpha value is -6.70. The van der Waals surface area contributed by atoms with E-state index in [-0.39, 0.29) is 10.8 Å². The second-order valence-electron chi connectivity index (χ2n) is 16.9. The van der Waals surface area contributed by atoms with Gasteiger partial charge < -0.3 is 4.90 Å². The molecule has 3 aliphatic carbocycles. The normalized spacial score (nSPS) is 17.0. The maximum absolute atomic E-state index is 2.51. The van der Waals surface area contributed by atoms with Gasteiger partial charge in [-0.05, 0) is 122 Å². The Labute approximate surface area is 342 Å². The van der Waals surface area contributed by atoms with Crippen molar-refractivity contribution >= 4 is 27.8 Å². The second kappa shape index (κ2) is 13.2. The maximum Gasteiger partial charge on any atom is 0.0540 e. The molecule has 0 heterocycles. The third-order valence-corrected chi connectivity index (χ3v) is 13.5. The van der Waals surface area contributed by atoms with Gasteiger partial charge in [-0.1, -0.05) is 183 Å². The number of allylic oxidation sites excluding steroid dienone is 4. The van der Waals surface area contributed by atoms with Crippen LogP contribution in [-0.4, -0.2) is 0 Å². The first-order valence-electron chi connectivity index (χ1n) is 20.7. The summed E-state index contributed by atoms with van der Waals surface area (Å²) < 4.78 is 0. The van der Waals surface area contributed by atoms with Crippen LogP contribution in [0.1, 0.15) is 55.9 Å². The summed E-state index contributed by atoms with van der Waals surface area (Å²) in [6, 6.07) is 65.8. The van der Waals surface area contributed by atoms with Crippen LogP contribution in [0.15, 0.2) is 200 Å². The molecule has 8 aromatic carbocycles. The van der Waals surface area contributed by atoms with Crippen molar-refractivity contribution in [3.05, 3.63) is 222 Å². The fourth-order valence-corrected chi connectivity index (χ4v) is 10.6. The van der Waals surface area contributed by atoms with Crippen molar-refractivity contribution in [2.75, 3.05) is 4.90 Å². The Morgan fingerprint density at radius 3 is 1.91 bits per heavy atom. The predicted octanol–water partition coefficient (Wildman–Crippen LogP) is 15.5. The summed E-state index contributed by atoms with van der Waals surface area (Å²) in [5.41, 5.74) is 20.4. The van der Waals surface area contributed by atoms with E-state index in [0.717, 1.165) is 29.9 Å². The Kier molecular flexibility index (Phi) is 7.85. The molecule has 1 unspecified atom stereocenters. The smallest absolute Gasteiger partial charge is 0.0540 e. The Morgan fingerprint density at radius 2 is 1.09 bits per heavy atom. The van der Waals surface area contributed by atoms with Crippen LogP contribution >= 0.6 is 0 Å². The SMILES string of the molecule is CC1(C)c2ccccc2-c2c(-c3ccccc3N(c3ccc(-c4cccc5ccccc45)cc3)c3ccc4c(c3)C(C)(C3=CC=CCC3)c3ccccc3-4)cccc21. The molecule has 0 bridgehead atoms. The van der Waals surface area contributed by atoms with Crippen LogP contribution in [-0.2, 0) is 10.8 Å². The molecule has 0 fully saturated rings. The molecule has 0 radical (unpaired) electrons. The number of anilines is 3. The summed E-state index contributed by atoms with van der Waals surface area (Å²) in [4.78, 5) is 2.51. The molecule has 0 aliphatic heterocycles. The first kappa shape index (κ1) is 34.5. The lowest BCUT2D eigenvalue weighted by Gasteiger charge is -2.33. The number of benzene rings is 8. The van der Waals surface area contributed by atoms with Crippen LogP contribution in [0.3, 0.4) is 0 Å². The molecule has 0 saturated heterocycles. The molecule has 0 spiro atoms. The van der Waals surface area contributed by atoms with Crippen molar-refractivity contribution in [1.29, 1.82) is 0 Å². The summed E-state index contributed by atoms with van der Waals surface area (Å²) in [6.07, 6.45) is 9.06. The Balaban J connectivity index is 1.13. The molecule has 11 rings (SSSR count). The van der Waals surface area contributed by atoms with Gasteiger partial charge in [-0.2, -0.15) is 0 Å². The lowest BCUT2D eigenvalue weighted by Crippen LogP contribution is -2.25. The fourth-order valence-electron chi connectivity index (χ4n) is 10.6. The van der Waals surface area contributed by atoms with E-state index in [0.29, 0.717) is 0 Å². The number of hydrogen-bond acceptors (Lipinski definition) is 1. The van der Waals surface area contributed by atoms with Gasteiger partial charge >= 0.3 is 0 Å². The summed E-state index contributed by atoms with van der Waals surface area (Å²) in [5.74, 6) is 0. The van der Waals surface area contributed by atoms with Crippen LogP contribution in [0.2, 0.25) is 0 Å². The highest BCUT2D eigenvalue weighted by molar-refractivity contribution is 6.00.